The Morgan fingerprint density at radius 2 is 2.00 bits per heavy atom. The summed E-state index contributed by atoms with van der Waals surface area (Å²) in [6.45, 7) is 4.95. The molecule has 0 spiro atoms. The zero-order chi connectivity index (χ0) is 14.3. The molecule has 0 aromatic heterocycles. The van der Waals surface area contributed by atoms with Gasteiger partial charge in [-0.3, -0.25) is 4.99 Å². The second-order valence-corrected chi connectivity index (χ2v) is 4.83. The summed E-state index contributed by atoms with van der Waals surface area (Å²) in [6.07, 6.45) is 0. The molecule has 0 aliphatic heterocycles. The lowest BCUT2D eigenvalue weighted by atomic mass is 10.1. The first-order valence-electron chi connectivity index (χ1n) is 6.21. The minimum absolute atomic E-state index is 0.220. The van der Waals surface area contributed by atoms with E-state index in [0.717, 1.165) is 0 Å². The van der Waals surface area contributed by atoms with Crippen LogP contribution < -0.4 is 10.6 Å². The predicted molar refractivity (Wildman–Crippen MR) is 75.7 cm³/mol. The van der Waals surface area contributed by atoms with Crippen LogP contribution in [0.5, 0.6) is 0 Å². The average Bonchev–Trinajstić information content (AvgIpc) is 2.41. The lowest BCUT2D eigenvalue weighted by Crippen LogP contribution is -2.45. The third-order valence-electron chi connectivity index (χ3n) is 2.86. The predicted octanol–water partition coefficient (Wildman–Crippen LogP) is 1.92. The van der Waals surface area contributed by atoms with Gasteiger partial charge in [0.15, 0.2) is 5.96 Å². The molecule has 1 rings (SSSR count). The molecule has 0 radical (unpaired) electrons. The van der Waals surface area contributed by atoms with E-state index in [1.807, 2.05) is 19.9 Å². The van der Waals surface area contributed by atoms with Crippen molar-refractivity contribution in [2.45, 2.75) is 26.0 Å². The van der Waals surface area contributed by atoms with Gasteiger partial charge in [-0.1, -0.05) is 18.2 Å². The zero-order valence-corrected chi connectivity index (χ0v) is 12.0. The molecule has 1 aromatic carbocycles. The topological polar surface area (TPSA) is 45.7 Å². The number of benzene rings is 1. The molecule has 0 heterocycles. The van der Waals surface area contributed by atoms with Gasteiger partial charge >= 0.3 is 0 Å². The molecule has 0 amide bonds. The van der Waals surface area contributed by atoms with Crippen LogP contribution in [0, 0.1) is 5.82 Å². The maximum absolute atomic E-state index is 13.5. The molecule has 0 unspecified atom stereocenters. The van der Waals surface area contributed by atoms with Crippen molar-refractivity contribution in [2.24, 2.45) is 4.99 Å². The number of guanidine groups is 1. The highest BCUT2D eigenvalue weighted by Gasteiger charge is 2.16. The van der Waals surface area contributed by atoms with Crippen LogP contribution in [0.2, 0.25) is 0 Å². The fraction of sp³-hybridized carbons (Fsp3) is 0.500. The molecule has 0 fully saturated rings. The number of hydrogen-bond donors (Lipinski definition) is 2. The summed E-state index contributed by atoms with van der Waals surface area (Å²) in [4.78, 5) is 4.09. The van der Waals surface area contributed by atoms with Gasteiger partial charge in [-0.15, -0.1) is 0 Å². The van der Waals surface area contributed by atoms with Gasteiger partial charge in [-0.2, -0.15) is 0 Å². The van der Waals surface area contributed by atoms with Crippen LogP contribution in [0.4, 0.5) is 4.39 Å². The van der Waals surface area contributed by atoms with Crippen LogP contribution in [-0.2, 0) is 11.3 Å². The highest BCUT2D eigenvalue weighted by Crippen LogP contribution is 2.06. The van der Waals surface area contributed by atoms with Crippen molar-refractivity contribution in [1.82, 2.24) is 10.6 Å². The number of ether oxygens (including phenoxy) is 1. The smallest absolute Gasteiger partial charge is 0.191 e. The molecule has 0 aliphatic carbocycles. The van der Waals surface area contributed by atoms with E-state index in [2.05, 4.69) is 15.6 Å². The second-order valence-electron chi connectivity index (χ2n) is 4.83. The Morgan fingerprint density at radius 3 is 2.58 bits per heavy atom. The molecule has 2 N–H and O–H groups in total. The normalized spacial score (nSPS) is 12.4. The van der Waals surface area contributed by atoms with Crippen molar-refractivity contribution in [2.75, 3.05) is 20.7 Å². The highest BCUT2D eigenvalue weighted by molar-refractivity contribution is 5.79. The van der Waals surface area contributed by atoms with Crippen LogP contribution in [0.3, 0.4) is 0 Å². The van der Waals surface area contributed by atoms with E-state index in [1.54, 1.807) is 26.3 Å². The molecule has 19 heavy (non-hydrogen) atoms. The second kappa shape index (κ2) is 7.09. The number of rotatable bonds is 5. The molecular weight excluding hydrogens is 245 g/mol. The summed E-state index contributed by atoms with van der Waals surface area (Å²) in [7, 11) is 3.34. The molecule has 0 bridgehead atoms. The van der Waals surface area contributed by atoms with Crippen molar-refractivity contribution in [3.05, 3.63) is 35.6 Å². The molecule has 5 heteroatoms. The molecule has 0 atom stereocenters. The van der Waals surface area contributed by atoms with E-state index < -0.39 is 0 Å². The number of halogens is 1. The first-order chi connectivity index (χ1) is 8.98. The SMILES string of the molecule is CN=C(NCc1ccccc1F)NCC(C)(C)OC. The third kappa shape index (κ3) is 5.26. The maximum Gasteiger partial charge on any atom is 0.191 e. The van der Waals surface area contributed by atoms with Gasteiger partial charge in [-0.25, -0.2) is 4.39 Å². The Labute approximate surface area is 114 Å². The van der Waals surface area contributed by atoms with E-state index in [9.17, 15) is 4.39 Å². The largest absolute Gasteiger partial charge is 0.377 e. The van der Waals surface area contributed by atoms with E-state index in [4.69, 9.17) is 4.74 Å². The first kappa shape index (κ1) is 15.4. The summed E-state index contributed by atoms with van der Waals surface area (Å²) in [5.41, 5.74) is 0.326. The number of methoxy groups -OCH3 is 1. The van der Waals surface area contributed by atoms with Crippen molar-refractivity contribution in [1.29, 1.82) is 0 Å². The van der Waals surface area contributed by atoms with E-state index in [-0.39, 0.29) is 11.4 Å². The Morgan fingerprint density at radius 1 is 1.32 bits per heavy atom. The standard InChI is InChI=1S/C14H22FN3O/c1-14(2,19-4)10-18-13(16-3)17-9-11-7-5-6-8-12(11)15/h5-8H,9-10H2,1-4H3,(H2,16,17,18). The van der Waals surface area contributed by atoms with E-state index >= 15 is 0 Å². The Balaban J connectivity index is 2.49. The fourth-order valence-electron chi connectivity index (χ4n) is 1.41. The van der Waals surface area contributed by atoms with Crippen molar-refractivity contribution < 1.29 is 9.13 Å². The molecule has 106 valence electrons. The summed E-state index contributed by atoms with van der Waals surface area (Å²) in [6, 6.07) is 6.67. The van der Waals surface area contributed by atoms with E-state index in [1.165, 1.54) is 6.07 Å². The molecule has 0 aliphatic rings. The van der Waals surface area contributed by atoms with Crippen molar-refractivity contribution in [3.63, 3.8) is 0 Å². The Kier molecular flexibility index (Phi) is 5.76. The van der Waals surface area contributed by atoms with Crippen LogP contribution >= 0.6 is 0 Å². The first-order valence-corrected chi connectivity index (χ1v) is 6.21. The summed E-state index contributed by atoms with van der Waals surface area (Å²) < 4.78 is 18.8. The van der Waals surface area contributed by atoms with Crippen LogP contribution in [0.1, 0.15) is 19.4 Å². The third-order valence-corrected chi connectivity index (χ3v) is 2.86. The van der Waals surface area contributed by atoms with Gasteiger partial charge in [0.1, 0.15) is 5.82 Å². The number of nitrogens with zero attached hydrogens (tertiary/aromatic N) is 1. The average molecular weight is 267 g/mol. The summed E-state index contributed by atoms with van der Waals surface area (Å²) in [5, 5.41) is 6.21. The molecule has 0 saturated carbocycles. The molecular formula is C14H22FN3O. The Hall–Kier alpha value is -1.62. The fourth-order valence-corrected chi connectivity index (χ4v) is 1.41. The van der Waals surface area contributed by atoms with Crippen molar-refractivity contribution >= 4 is 5.96 Å². The Bertz CT molecular complexity index is 432. The number of hydrogen-bond acceptors (Lipinski definition) is 2. The van der Waals surface area contributed by atoms with Gasteiger partial charge in [0.25, 0.3) is 0 Å². The van der Waals surface area contributed by atoms with Gasteiger partial charge in [0.05, 0.1) is 5.60 Å². The van der Waals surface area contributed by atoms with Gasteiger partial charge in [0, 0.05) is 32.8 Å². The zero-order valence-electron chi connectivity index (χ0n) is 12.0. The molecule has 1 aromatic rings. The van der Waals surface area contributed by atoms with Gasteiger partial charge in [-0.05, 0) is 19.9 Å². The minimum Gasteiger partial charge on any atom is -0.377 e. The summed E-state index contributed by atoms with van der Waals surface area (Å²) in [5.74, 6) is 0.399. The number of nitrogens with one attached hydrogen (secondary N) is 2. The highest BCUT2D eigenvalue weighted by atomic mass is 19.1. The van der Waals surface area contributed by atoms with Crippen LogP contribution in [-0.4, -0.2) is 32.3 Å². The monoisotopic (exact) mass is 267 g/mol. The lowest BCUT2D eigenvalue weighted by molar-refractivity contribution is 0.0268. The lowest BCUT2D eigenvalue weighted by Gasteiger charge is -2.24. The van der Waals surface area contributed by atoms with Crippen molar-refractivity contribution in [3.8, 4) is 0 Å². The van der Waals surface area contributed by atoms with Gasteiger partial charge in [0.2, 0.25) is 0 Å². The summed E-state index contributed by atoms with van der Waals surface area (Å²) >= 11 is 0. The van der Waals surface area contributed by atoms with Crippen LogP contribution in [0.25, 0.3) is 0 Å². The number of aliphatic imine (C=N–C) groups is 1. The van der Waals surface area contributed by atoms with E-state index in [0.29, 0.717) is 24.6 Å². The molecule has 4 nitrogen and oxygen atoms in total. The molecule has 0 saturated heterocycles. The quantitative estimate of drug-likeness (QED) is 0.633. The van der Waals surface area contributed by atoms with Gasteiger partial charge < -0.3 is 15.4 Å². The van der Waals surface area contributed by atoms with Crippen LogP contribution in [0.15, 0.2) is 29.3 Å². The maximum atomic E-state index is 13.5. The minimum atomic E-state index is -0.282.